The van der Waals surface area contributed by atoms with Crippen molar-refractivity contribution in [1.29, 1.82) is 0 Å². The first kappa shape index (κ1) is 24.1. The lowest BCUT2D eigenvalue weighted by Crippen LogP contribution is -2.38. The molecule has 34 heavy (non-hydrogen) atoms. The number of hydrogen-bond acceptors (Lipinski definition) is 7. The minimum atomic E-state index is -0.811. The molecule has 8 nitrogen and oxygen atoms in total. The van der Waals surface area contributed by atoms with E-state index in [4.69, 9.17) is 21.1 Å². The van der Waals surface area contributed by atoms with Gasteiger partial charge in [-0.15, -0.1) is 0 Å². The predicted molar refractivity (Wildman–Crippen MR) is 127 cm³/mol. The fourth-order valence-corrected chi connectivity index (χ4v) is 4.55. The summed E-state index contributed by atoms with van der Waals surface area (Å²) in [5.74, 6) is -1.57. The minimum Gasteiger partial charge on any atom is -0.507 e. The SMILES string of the molecule is COc1ccc([C@H]2C(=C(O)c3cc(Cl)ccc3O)C(=O)C(=O)N2CCCN2CCOCC2)cc1. The number of phenolic OH excluding ortho intramolecular Hbond substituents is 1. The number of nitrogens with zero attached hydrogens (tertiary/aromatic N) is 2. The van der Waals surface area contributed by atoms with Gasteiger partial charge in [0.05, 0.1) is 37.5 Å². The van der Waals surface area contributed by atoms with E-state index in [0.717, 1.165) is 19.6 Å². The third-order valence-corrected chi connectivity index (χ3v) is 6.40. The van der Waals surface area contributed by atoms with Crippen molar-refractivity contribution in [1.82, 2.24) is 9.80 Å². The molecule has 2 heterocycles. The molecule has 180 valence electrons. The number of likely N-dealkylation sites (tertiary alicyclic amines) is 1. The number of ketones is 1. The number of aromatic hydroxyl groups is 1. The number of ether oxygens (including phenoxy) is 2. The first-order chi connectivity index (χ1) is 16.4. The van der Waals surface area contributed by atoms with Crippen molar-refractivity contribution < 1.29 is 29.3 Å². The van der Waals surface area contributed by atoms with E-state index in [-0.39, 0.29) is 21.9 Å². The zero-order valence-electron chi connectivity index (χ0n) is 18.9. The van der Waals surface area contributed by atoms with Gasteiger partial charge in [0.15, 0.2) is 0 Å². The van der Waals surface area contributed by atoms with Crippen LogP contribution in [-0.4, -0.2) is 78.2 Å². The molecule has 2 aromatic carbocycles. The monoisotopic (exact) mass is 486 g/mol. The highest BCUT2D eigenvalue weighted by Gasteiger charge is 2.46. The van der Waals surface area contributed by atoms with Crippen LogP contribution >= 0.6 is 11.6 Å². The molecule has 0 saturated carbocycles. The Bertz CT molecular complexity index is 1100. The van der Waals surface area contributed by atoms with Crippen LogP contribution < -0.4 is 4.74 Å². The lowest BCUT2D eigenvalue weighted by Gasteiger charge is -2.29. The van der Waals surface area contributed by atoms with E-state index >= 15 is 0 Å². The predicted octanol–water partition coefficient (Wildman–Crippen LogP) is 3.20. The molecular formula is C25H27ClN2O6. The molecule has 9 heteroatoms. The smallest absolute Gasteiger partial charge is 0.295 e. The van der Waals surface area contributed by atoms with Crippen LogP contribution in [0.2, 0.25) is 5.02 Å². The van der Waals surface area contributed by atoms with Gasteiger partial charge in [-0.25, -0.2) is 0 Å². The summed E-state index contributed by atoms with van der Waals surface area (Å²) in [4.78, 5) is 29.9. The molecule has 0 aromatic heterocycles. The van der Waals surface area contributed by atoms with Gasteiger partial charge in [-0.1, -0.05) is 23.7 Å². The topological polar surface area (TPSA) is 99.5 Å². The largest absolute Gasteiger partial charge is 0.507 e. The second-order valence-corrected chi connectivity index (χ2v) is 8.67. The van der Waals surface area contributed by atoms with Gasteiger partial charge < -0.3 is 24.6 Å². The van der Waals surface area contributed by atoms with Crippen molar-refractivity contribution in [3.8, 4) is 11.5 Å². The highest BCUT2D eigenvalue weighted by molar-refractivity contribution is 6.46. The number of methoxy groups -OCH3 is 1. The van der Waals surface area contributed by atoms with Gasteiger partial charge in [0.2, 0.25) is 0 Å². The van der Waals surface area contributed by atoms with Crippen LogP contribution in [0.1, 0.15) is 23.6 Å². The van der Waals surface area contributed by atoms with Gasteiger partial charge in [0.1, 0.15) is 17.3 Å². The molecule has 2 aliphatic heterocycles. The Morgan fingerprint density at radius 2 is 1.82 bits per heavy atom. The third kappa shape index (κ3) is 4.89. The van der Waals surface area contributed by atoms with Crippen molar-refractivity contribution in [3.63, 3.8) is 0 Å². The Balaban J connectivity index is 1.70. The average Bonchev–Trinajstić information content (AvgIpc) is 3.11. The lowest BCUT2D eigenvalue weighted by molar-refractivity contribution is -0.140. The molecule has 0 bridgehead atoms. The molecule has 2 aliphatic rings. The fourth-order valence-electron chi connectivity index (χ4n) is 4.38. The maximum Gasteiger partial charge on any atom is 0.295 e. The maximum atomic E-state index is 13.1. The van der Waals surface area contributed by atoms with Gasteiger partial charge in [-0.05, 0) is 42.3 Å². The molecular weight excluding hydrogens is 460 g/mol. The number of aliphatic hydroxyl groups excluding tert-OH is 1. The van der Waals surface area contributed by atoms with Crippen LogP contribution in [0.5, 0.6) is 11.5 Å². The number of aliphatic hydroxyl groups is 1. The summed E-state index contributed by atoms with van der Waals surface area (Å²) in [7, 11) is 1.55. The molecule has 1 atom stereocenters. The quantitative estimate of drug-likeness (QED) is 0.352. The fraction of sp³-hybridized carbons (Fsp3) is 0.360. The average molecular weight is 487 g/mol. The van der Waals surface area contributed by atoms with Crippen LogP contribution in [0.3, 0.4) is 0 Å². The van der Waals surface area contributed by atoms with Crippen LogP contribution in [0.25, 0.3) is 5.76 Å². The first-order valence-electron chi connectivity index (χ1n) is 11.1. The zero-order valence-corrected chi connectivity index (χ0v) is 19.6. The number of halogens is 1. The van der Waals surface area contributed by atoms with E-state index < -0.39 is 23.5 Å². The summed E-state index contributed by atoms with van der Waals surface area (Å²) in [6.45, 7) is 4.11. The number of Topliss-reactive ketones (excluding diaryl/α,β-unsaturated/α-hetero) is 1. The summed E-state index contributed by atoms with van der Waals surface area (Å²) in [6, 6.07) is 10.3. The van der Waals surface area contributed by atoms with Crippen molar-refractivity contribution in [2.45, 2.75) is 12.5 Å². The number of carbonyl (C=O) groups excluding carboxylic acids is 2. The van der Waals surface area contributed by atoms with Crippen molar-refractivity contribution in [2.24, 2.45) is 0 Å². The molecule has 2 N–H and O–H groups in total. The molecule has 0 unspecified atom stereocenters. The summed E-state index contributed by atoms with van der Waals surface area (Å²) < 4.78 is 10.6. The van der Waals surface area contributed by atoms with E-state index in [2.05, 4.69) is 4.90 Å². The molecule has 0 spiro atoms. The lowest BCUT2D eigenvalue weighted by atomic mass is 9.95. The van der Waals surface area contributed by atoms with E-state index in [1.165, 1.54) is 23.1 Å². The van der Waals surface area contributed by atoms with Crippen LogP contribution in [-0.2, 0) is 14.3 Å². The van der Waals surface area contributed by atoms with Crippen molar-refractivity contribution in [2.75, 3.05) is 46.5 Å². The number of morpholine rings is 1. The number of phenols is 1. The van der Waals surface area contributed by atoms with Crippen molar-refractivity contribution >= 4 is 29.1 Å². The second-order valence-electron chi connectivity index (χ2n) is 8.23. The van der Waals surface area contributed by atoms with E-state index in [1.54, 1.807) is 31.4 Å². The number of carbonyl (C=O) groups is 2. The summed E-state index contributed by atoms with van der Waals surface area (Å²) in [5.41, 5.74) is 0.561. The second kappa shape index (κ2) is 10.5. The summed E-state index contributed by atoms with van der Waals surface area (Å²) in [5, 5.41) is 21.7. The molecule has 4 rings (SSSR count). The first-order valence-corrected chi connectivity index (χ1v) is 11.5. The Morgan fingerprint density at radius 3 is 2.50 bits per heavy atom. The molecule has 0 aliphatic carbocycles. The molecule has 2 saturated heterocycles. The standard InChI is InChI=1S/C25H27ClN2O6/c1-33-18-6-3-16(4-7-18)22-21(23(30)19-15-17(26)5-8-20(19)29)24(31)25(32)28(22)10-2-9-27-11-13-34-14-12-27/h3-8,15,22,29-30H,2,9-14H2,1H3/t22-/m0/s1. The van der Waals surface area contributed by atoms with Gasteiger partial charge in [0, 0.05) is 31.2 Å². The van der Waals surface area contributed by atoms with Gasteiger partial charge in [-0.3, -0.25) is 14.5 Å². The van der Waals surface area contributed by atoms with Crippen LogP contribution in [0.15, 0.2) is 48.0 Å². The minimum absolute atomic E-state index is 0.00247. The zero-order chi connectivity index (χ0) is 24.2. The van der Waals surface area contributed by atoms with Gasteiger partial charge in [-0.2, -0.15) is 0 Å². The summed E-state index contributed by atoms with van der Waals surface area (Å²) >= 11 is 6.06. The Kier molecular flexibility index (Phi) is 7.41. The van der Waals surface area contributed by atoms with Crippen LogP contribution in [0.4, 0.5) is 0 Å². The molecule has 2 aromatic rings. The number of rotatable bonds is 7. The molecule has 0 radical (unpaired) electrons. The van der Waals surface area contributed by atoms with E-state index in [9.17, 15) is 19.8 Å². The van der Waals surface area contributed by atoms with Gasteiger partial charge >= 0.3 is 0 Å². The number of hydrogen-bond donors (Lipinski definition) is 2. The summed E-state index contributed by atoms with van der Waals surface area (Å²) in [6.07, 6.45) is 0.655. The Morgan fingerprint density at radius 1 is 1.12 bits per heavy atom. The number of amides is 1. The van der Waals surface area contributed by atoms with Crippen molar-refractivity contribution in [3.05, 3.63) is 64.2 Å². The normalized spacial score (nSPS) is 20.6. The van der Waals surface area contributed by atoms with E-state index in [0.29, 0.717) is 37.5 Å². The highest BCUT2D eigenvalue weighted by atomic mass is 35.5. The van der Waals surface area contributed by atoms with Gasteiger partial charge in [0.25, 0.3) is 11.7 Å². The third-order valence-electron chi connectivity index (χ3n) is 6.16. The van der Waals surface area contributed by atoms with E-state index in [1.807, 2.05) is 0 Å². The highest BCUT2D eigenvalue weighted by Crippen LogP contribution is 2.41. The Hall–Kier alpha value is -3.07. The van der Waals surface area contributed by atoms with Crippen LogP contribution in [0, 0.1) is 0 Å². The number of benzene rings is 2. The maximum absolute atomic E-state index is 13.1. The Labute approximate surface area is 202 Å². The molecule has 1 amide bonds. The molecule has 2 fully saturated rings.